The maximum Gasteiger partial charge on any atom is 0.320 e. The number of carbonyl (C=O) groups is 1. The van der Waals surface area contributed by atoms with Gasteiger partial charge in [-0.3, -0.25) is 9.69 Å². The van der Waals surface area contributed by atoms with Gasteiger partial charge in [-0.2, -0.15) is 0 Å². The first-order valence-electron chi connectivity index (χ1n) is 4.47. The zero-order valence-electron chi connectivity index (χ0n) is 7.61. The quantitative estimate of drug-likeness (QED) is 0.530. The van der Waals surface area contributed by atoms with Crippen molar-refractivity contribution in [3.05, 3.63) is 0 Å². The second-order valence-corrected chi connectivity index (χ2v) is 3.25. The molecule has 3 N–H and O–H groups in total. The van der Waals surface area contributed by atoms with E-state index in [1.54, 1.807) is 0 Å². The van der Waals surface area contributed by atoms with Gasteiger partial charge in [0.1, 0.15) is 0 Å². The number of aliphatic hydroxyl groups excluding tert-OH is 1. The fourth-order valence-corrected chi connectivity index (χ4v) is 1.33. The fourth-order valence-electron chi connectivity index (χ4n) is 1.33. The Morgan fingerprint density at radius 1 is 1.69 bits per heavy atom. The smallest absolute Gasteiger partial charge is 0.320 e. The van der Waals surface area contributed by atoms with Crippen LogP contribution in [-0.2, 0) is 9.53 Å². The minimum atomic E-state index is -0.272. The Bertz CT molecular complexity index is 175. The number of hydrogen-bond acceptors (Lipinski definition) is 5. The number of ether oxygens (including phenoxy) is 1. The third kappa shape index (κ3) is 3.71. The Labute approximate surface area is 77.5 Å². The van der Waals surface area contributed by atoms with E-state index >= 15 is 0 Å². The third-order valence-electron chi connectivity index (χ3n) is 1.96. The van der Waals surface area contributed by atoms with Crippen molar-refractivity contribution >= 4 is 5.97 Å². The molecule has 0 amide bonds. The lowest BCUT2D eigenvalue weighted by atomic mass is 10.3. The largest absolute Gasteiger partial charge is 0.465 e. The van der Waals surface area contributed by atoms with Crippen LogP contribution < -0.4 is 5.73 Å². The summed E-state index contributed by atoms with van der Waals surface area (Å²) in [5, 5.41) is 8.73. The van der Waals surface area contributed by atoms with Crippen molar-refractivity contribution in [2.75, 3.05) is 32.8 Å². The molecule has 0 saturated carbocycles. The van der Waals surface area contributed by atoms with E-state index in [4.69, 9.17) is 15.6 Å². The maximum absolute atomic E-state index is 11.0. The number of nitrogens with two attached hydrogens (primary N) is 1. The first-order valence-corrected chi connectivity index (χ1v) is 4.47. The number of aliphatic hydroxyl groups is 1. The molecule has 0 spiro atoms. The van der Waals surface area contributed by atoms with Crippen LogP contribution in [0.5, 0.6) is 0 Å². The minimum Gasteiger partial charge on any atom is -0.465 e. The summed E-state index contributed by atoms with van der Waals surface area (Å²) in [7, 11) is 0. The second-order valence-electron chi connectivity index (χ2n) is 3.25. The Hall–Kier alpha value is -0.650. The summed E-state index contributed by atoms with van der Waals surface area (Å²) >= 11 is 0. The molecular formula is C8H16N2O3. The zero-order chi connectivity index (χ0) is 9.68. The number of esters is 1. The van der Waals surface area contributed by atoms with Crippen molar-refractivity contribution < 1.29 is 14.6 Å². The van der Waals surface area contributed by atoms with E-state index in [1.807, 2.05) is 4.90 Å². The molecule has 0 aromatic heterocycles. The molecule has 5 heteroatoms. The Kier molecular flexibility index (Phi) is 4.14. The van der Waals surface area contributed by atoms with E-state index in [0.717, 1.165) is 13.0 Å². The first kappa shape index (κ1) is 10.4. The van der Waals surface area contributed by atoms with Gasteiger partial charge in [0, 0.05) is 19.1 Å². The molecular weight excluding hydrogens is 172 g/mol. The van der Waals surface area contributed by atoms with E-state index in [2.05, 4.69) is 0 Å². The average Bonchev–Trinajstić information content (AvgIpc) is 2.30. The predicted octanol–water partition coefficient (Wildman–Crippen LogP) is -1.45. The van der Waals surface area contributed by atoms with Crippen molar-refractivity contribution in [1.82, 2.24) is 4.90 Å². The molecule has 5 nitrogen and oxygen atoms in total. The van der Waals surface area contributed by atoms with Crippen LogP contribution in [0.2, 0.25) is 0 Å². The molecule has 1 aliphatic rings. The molecule has 1 atom stereocenters. The normalized spacial score (nSPS) is 22.2. The second kappa shape index (κ2) is 5.16. The number of carbonyl (C=O) groups excluding carboxylic acids is 1. The molecule has 1 fully saturated rings. The number of hydrogen-bond donors (Lipinski definition) is 2. The highest BCUT2D eigenvalue weighted by Crippen LogP contribution is 2.00. The molecule has 1 rings (SSSR count). The SMILES string of the molecule is NC(CO)CN1CCCOC(=O)C1. The summed E-state index contributed by atoms with van der Waals surface area (Å²) in [6, 6.07) is -0.272. The molecule has 0 aliphatic carbocycles. The molecule has 0 bridgehead atoms. The lowest BCUT2D eigenvalue weighted by Crippen LogP contribution is -2.41. The van der Waals surface area contributed by atoms with E-state index in [0.29, 0.717) is 13.2 Å². The predicted molar refractivity (Wildman–Crippen MR) is 47.1 cm³/mol. The summed E-state index contributed by atoms with van der Waals surface area (Å²) < 4.78 is 4.86. The minimum absolute atomic E-state index is 0.0501. The van der Waals surface area contributed by atoms with Crippen molar-refractivity contribution in [2.45, 2.75) is 12.5 Å². The number of cyclic esters (lactones) is 1. The highest BCUT2D eigenvalue weighted by molar-refractivity contribution is 5.71. The summed E-state index contributed by atoms with van der Waals surface area (Å²) in [6.07, 6.45) is 0.837. The average molecular weight is 188 g/mol. The van der Waals surface area contributed by atoms with Gasteiger partial charge in [0.25, 0.3) is 0 Å². The van der Waals surface area contributed by atoms with Gasteiger partial charge >= 0.3 is 5.97 Å². The van der Waals surface area contributed by atoms with Crippen molar-refractivity contribution in [3.8, 4) is 0 Å². The highest BCUT2D eigenvalue weighted by atomic mass is 16.5. The topological polar surface area (TPSA) is 75.8 Å². The molecule has 13 heavy (non-hydrogen) atoms. The van der Waals surface area contributed by atoms with Crippen molar-refractivity contribution in [3.63, 3.8) is 0 Å². The van der Waals surface area contributed by atoms with Gasteiger partial charge in [-0.05, 0) is 6.42 Å². The van der Waals surface area contributed by atoms with Crippen LogP contribution in [0.1, 0.15) is 6.42 Å². The number of rotatable bonds is 3. The maximum atomic E-state index is 11.0. The van der Waals surface area contributed by atoms with Crippen LogP contribution in [0.25, 0.3) is 0 Å². The summed E-state index contributed by atoms with van der Waals surface area (Å²) in [6.45, 7) is 2.08. The van der Waals surface area contributed by atoms with E-state index in [9.17, 15) is 4.79 Å². The van der Waals surface area contributed by atoms with E-state index < -0.39 is 0 Å². The standard InChI is InChI=1S/C8H16N2O3/c9-7(6-11)4-10-2-1-3-13-8(12)5-10/h7,11H,1-6,9H2. The lowest BCUT2D eigenvalue weighted by molar-refractivity contribution is -0.143. The van der Waals surface area contributed by atoms with E-state index in [-0.39, 0.29) is 25.2 Å². The molecule has 0 aromatic carbocycles. The Morgan fingerprint density at radius 3 is 3.15 bits per heavy atom. The van der Waals surface area contributed by atoms with Crippen LogP contribution in [-0.4, -0.2) is 54.9 Å². The van der Waals surface area contributed by atoms with Crippen molar-refractivity contribution in [2.24, 2.45) is 5.73 Å². The van der Waals surface area contributed by atoms with E-state index in [1.165, 1.54) is 0 Å². The third-order valence-corrected chi connectivity index (χ3v) is 1.96. The highest BCUT2D eigenvalue weighted by Gasteiger charge is 2.17. The van der Waals surface area contributed by atoms with Crippen LogP contribution in [0.15, 0.2) is 0 Å². The van der Waals surface area contributed by atoms with Gasteiger partial charge in [-0.1, -0.05) is 0 Å². The number of nitrogens with zero attached hydrogens (tertiary/aromatic N) is 1. The molecule has 1 unspecified atom stereocenters. The van der Waals surface area contributed by atoms with Crippen molar-refractivity contribution in [1.29, 1.82) is 0 Å². The first-order chi connectivity index (χ1) is 6.22. The molecule has 0 radical (unpaired) electrons. The fraction of sp³-hybridized carbons (Fsp3) is 0.875. The van der Waals surface area contributed by atoms with Gasteiger partial charge in [-0.25, -0.2) is 0 Å². The van der Waals surface area contributed by atoms with Gasteiger partial charge in [0.05, 0.1) is 19.8 Å². The molecule has 76 valence electrons. The molecule has 1 saturated heterocycles. The molecule has 1 aliphatic heterocycles. The monoisotopic (exact) mass is 188 g/mol. The van der Waals surface area contributed by atoms with Gasteiger partial charge < -0.3 is 15.6 Å². The van der Waals surface area contributed by atoms with Crippen LogP contribution in [0.3, 0.4) is 0 Å². The lowest BCUT2D eigenvalue weighted by Gasteiger charge is -2.20. The molecule has 1 heterocycles. The summed E-state index contributed by atoms with van der Waals surface area (Å²) in [4.78, 5) is 12.9. The van der Waals surface area contributed by atoms with Crippen LogP contribution >= 0.6 is 0 Å². The summed E-state index contributed by atoms with van der Waals surface area (Å²) in [5.41, 5.74) is 5.56. The van der Waals surface area contributed by atoms with Gasteiger partial charge in [0.2, 0.25) is 0 Å². The Morgan fingerprint density at radius 2 is 2.46 bits per heavy atom. The van der Waals surface area contributed by atoms with Gasteiger partial charge in [-0.15, -0.1) is 0 Å². The summed E-state index contributed by atoms with van der Waals surface area (Å²) in [5.74, 6) is -0.206. The zero-order valence-corrected chi connectivity index (χ0v) is 7.61. The molecule has 0 aromatic rings. The van der Waals surface area contributed by atoms with Crippen LogP contribution in [0.4, 0.5) is 0 Å². The van der Waals surface area contributed by atoms with Crippen LogP contribution in [0, 0.1) is 0 Å². The Balaban J connectivity index is 2.34. The van der Waals surface area contributed by atoms with Gasteiger partial charge in [0.15, 0.2) is 0 Å².